The van der Waals surface area contributed by atoms with Crippen LogP contribution in [0.3, 0.4) is 0 Å². The second kappa shape index (κ2) is 8.36. The van der Waals surface area contributed by atoms with Crippen LogP contribution in [0.25, 0.3) is 61.3 Å². The number of aromatic nitrogens is 1. The van der Waals surface area contributed by atoms with Gasteiger partial charge in [-0.3, -0.25) is 0 Å². The zero-order valence-electron chi connectivity index (χ0n) is 20.9. The lowest BCUT2D eigenvalue weighted by atomic mass is 9.90. The molecule has 8 rings (SSSR count). The summed E-state index contributed by atoms with van der Waals surface area (Å²) >= 11 is 0. The number of allylic oxidation sites excluding steroid dienone is 1. The van der Waals surface area contributed by atoms with E-state index in [9.17, 15) is 0 Å². The number of para-hydroxylation sites is 3. The van der Waals surface area contributed by atoms with Crippen molar-refractivity contribution in [3.05, 3.63) is 138 Å². The van der Waals surface area contributed by atoms with Crippen molar-refractivity contribution in [2.45, 2.75) is 12.8 Å². The molecule has 2 aromatic heterocycles. The van der Waals surface area contributed by atoms with Crippen molar-refractivity contribution >= 4 is 44.5 Å². The first-order valence-electron chi connectivity index (χ1n) is 13.2. The second-order valence-corrected chi connectivity index (χ2v) is 10.1. The van der Waals surface area contributed by atoms with Crippen LogP contribution >= 0.6 is 0 Å². The molecule has 2 heteroatoms. The lowest BCUT2D eigenvalue weighted by Crippen LogP contribution is -2.05. The first-order valence-corrected chi connectivity index (χ1v) is 13.2. The van der Waals surface area contributed by atoms with Gasteiger partial charge in [-0.2, -0.15) is 0 Å². The molecule has 0 bridgehead atoms. The Kier molecular flexibility index (Phi) is 4.68. The molecule has 0 saturated heterocycles. The van der Waals surface area contributed by atoms with Gasteiger partial charge in [0.15, 0.2) is 0 Å². The monoisotopic (exact) mass is 487 g/mol. The molecule has 0 unspecified atom stereocenters. The molecule has 0 N–H and O–H groups in total. The van der Waals surface area contributed by atoms with Gasteiger partial charge in [0, 0.05) is 33.1 Å². The third kappa shape index (κ3) is 3.20. The smallest absolute Gasteiger partial charge is 0.136 e. The van der Waals surface area contributed by atoms with Gasteiger partial charge < -0.3 is 8.98 Å². The summed E-state index contributed by atoms with van der Waals surface area (Å²) in [6.07, 6.45) is 4.46. The molecular weight excluding hydrogens is 462 g/mol. The number of fused-ring (bicyclic) bond motifs is 6. The minimum atomic E-state index is 0.935. The van der Waals surface area contributed by atoms with Crippen LogP contribution in [0.5, 0.6) is 0 Å². The van der Waals surface area contributed by atoms with Crippen LogP contribution in [0.15, 0.2) is 126 Å². The van der Waals surface area contributed by atoms with E-state index in [0.717, 1.165) is 24.0 Å². The topological polar surface area (TPSA) is 18.1 Å². The van der Waals surface area contributed by atoms with E-state index in [-0.39, 0.29) is 0 Å². The Bertz CT molecular complexity index is 2000. The predicted molar refractivity (Wildman–Crippen MR) is 159 cm³/mol. The van der Waals surface area contributed by atoms with E-state index in [4.69, 9.17) is 4.42 Å². The summed E-state index contributed by atoms with van der Waals surface area (Å²) < 4.78 is 8.57. The molecular formula is C36H25NO. The highest BCUT2D eigenvalue weighted by Gasteiger charge is 2.21. The molecule has 7 aromatic rings. The highest BCUT2D eigenvalue weighted by Crippen LogP contribution is 2.40. The number of hydrogen-bond acceptors (Lipinski definition) is 1. The summed E-state index contributed by atoms with van der Waals surface area (Å²) in [6, 6.07) is 43.2. The molecule has 0 aliphatic heterocycles. The third-order valence-electron chi connectivity index (χ3n) is 7.95. The highest BCUT2D eigenvalue weighted by atomic mass is 16.3. The second-order valence-electron chi connectivity index (χ2n) is 10.1. The third-order valence-corrected chi connectivity index (χ3v) is 7.95. The maximum atomic E-state index is 6.12. The maximum absolute atomic E-state index is 6.12. The molecule has 38 heavy (non-hydrogen) atoms. The van der Waals surface area contributed by atoms with Crippen LogP contribution in [0.4, 0.5) is 0 Å². The van der Waals surface area contributed by atoms with Crippen molar-refractivity contribution in [2.75, 3.05) is 0 Å². The lowest BCUT2D eigenvalue weighted by molar-refractivity contribution is 0.669. The minimum absolute atomic E-state index is 0.935. The zero-order valence-corrected chi connectivity index (χ0v) is 20.9. The van der Waals surface area contributed by atoms with Gasteiger partial charge >= 0.3 is 0 Å². The highest BCUT2D eigenvalue weighted by molar-refractivity contribution is 6.12. The SMILES string of the molecule is C1=C(c2ccc(-c3cccc4oc5ccccc5c34)cc2)CCc2c1c1ccccc1n2-c1ccccc1. The fraction of sp³-hybridized carbons (Fsp3) is 0.0556. The molecule has 0 spiro atoms. The number of furan rings is 1. The fourth-order valence-electron chi connectivity index (χ4n) is 6.20. The first-order chi connectivity index (χ1) is 18.8. The van der Waals surface area contributed by atoms with Gasteiger partial charge in [0.2, 0.25) is 0 Å². The molecule has 1 aliphatic carbocycles. The van der Waals surface area contributed by atoms with Gasteiger partial charge in [0.25, 0.3) is 0 Å². The normalized spacial score (nSPS) is 13.2. The Morgan fingerprint density at radius 1 is 0.553 bits per heavy atom. The number of nitrogens with zero attached hydrogens (tertiary/aromatic N) is 1. The van der Waals surface area contributed by atoms with Gasteiger partial charge in [-0.25, -0.2) is 0 Å². The van der Waals surface area contributed by atoms with Crippen LogP contribution in [-0.4, -0.2) is 4.57 Å². The standard InChI is InChI=1S/C36H25NO/c1-2-9-27(10-3-1)37-32-14-6-4-11-29(32)31-23-26(21-22-33(31)37)24-17-19-25(20-18-24)28-13-8-16-35-36(28)30-12-5-7-15-34(30)38-35/h1-20,23H,21-22H2. The van der Waals surface area contributed by atoms with Crippen LogP contribution in [-0.2, 0) is 6.42 Å². The van der Waals surface area contributed by atoms with E-state index in [0.29, 0.717) is 0 Å². The van der Waals surface area contributed by atoms with Gasteiger partial charge in [0.1, 0.15) is 11.2 Å². The van der Waals surface area contributed by atoms with Gasteiger partial charge in [-0.1, -0.05) is 91.0 Å². The summed E-state index contributed by atoms with van der Waals surface area (Å²) in [5.74, 6) is 0. The summed E-state index contributed by atoms with van der Waals surface area (Å²) in [5.41, 5.74) is 12.2. The van der Waals surface area contributed by atoms with E-state index in [1.165, 1.54) is 60.9 Å². The quantitative estimate of drug-likeness (QED) is 0.243. The number of hydrogen-bond donors (Lipinski definition) is 0. The van der Waals surface area contributed by atoms with E-state index in [2.05, 4.69) is 120 Å². The van der Waals surface area contributed by atoms with Crippen molar-refractivity contribution in [3.8, 4) is 16.8 Å². The molecule has 2 heterocycles. The van der Waals surface area contributed by atoms with Crippen molar-refractivity contribution < 1.29 is 4.42 Å². The Balaban J connectivity index is 1.22. The Labute approximate surface area is 221 Å². The Hall–Kier alpha value is -4.82. The van der Waals surface area contributed by atoms with Gasteiger partial charge in [-0.05, 0) is 71.5 Å². The summed E-state index contributed by atoms with van der Waals surface area (Å²) in [6.45, 7) is 0. The fourth-order valence-corrected chi connectivity index (χ4v) is 6.20. The van der Waals surface area contributed by atoms with Gasteiger partial charge in [-0.15, -0.1) is 0 Å². The van der Waals surface area contributed by atoms with Crippen LogP contribution < -0.4 is 0 Å². The zero-order chi connectivity index (χ0) is 25.1. The van der Waals surface area contributed by atoms with E-state index in [1.54, 1.807) is 0 Å². The molecule has 1 aliphatic rings. The van der Waals surface area contributed by atoms with Crippen LogP contribution in [0.2, 0.25) is 0 Å². The largest absolute Gasteiger partial charge is 0.456 e. The Morgan fingerprint density at radius 2 is 1.26 bits per heavy atom. The van der Waals surface area contributed by atoms with Crippen molar-refractivity contribution in [1.82, 2.24) is 4.57 Å². The van der Waals surface area contributed by atoms with E-state index >= 15 is 0 Å². The van der Waals surface area contributed by atoms with E-state index < -0.39 is 0 Å². The molecule has 2 nitrogen and oxygen atoms in total. The summed E-state index contributed by atoms with van der Waals surface area (Å²) in [7, 11) is 0. The average Bonchev–Trinajstić information content (AvgIpc) is 3.53. The minimum Gasteiger partial charge on any atom is -0.456 e. The van der Waals surface area contributed by atoms with Gasteiger partial charge in [0.05, 0.1) is 5.52 Å². The lowest BCUT2D eigenvalue weighted by Gasteiger charge is -2.18. The van der Waals surface area contributed by atoms with Crippen molar-refractivity contribution in [1.29, 1.82) is 0 Å². The molecule has 0 amide bonds. The molecule has 0 fully saturated rings. The first kappa shape index (κ1) is 21.3. The summed E-state index contributed by atoms with van der Waals surface area (Å²) in [4.78, 5) is 0. The van der Waals surface area contributed by atoms with Crippen LogP contribution in [0, 0.1) is 0 Å². The molecule has 180 valence electrons. The predicted octanol–water partition coefficient (Wildman–Crippen LogP) is 9.68. The van der Waals surface area contributed by atoms with Crippen molar-refractivity contribution in [3.63, 3.8) is 0 Å². The maximum Gasteiger partial charge on any atom is 0.136 e. The number of benzene rings is 5. The van der Waals surface area contributed by atoms with Crippen LogP contribution in [0.1, 0.15) is 23.2 Å². The van der Waals surface area contributed by atoms with Crippen molar-refractivity contribution in [2.24, 2.45) is 0 Å². The summed E-state index contributed by atoms with van der Waals surface area (Å²) in [5, 5.41) is 3.67. The average molecular weight is 488 g/mol. The Morgan fingerprint density at radius 3 is 2.13 bits per heavy atom. The molecule has 0 radical (unpaired) electrons. The molecule has 0 saturated carbocycles. The number of rotatable bonds is 3. The molecule has 0 atom stereocenters. The molecule has 5 aromatic carbocycles. The van der Waals surface area contributed by atoms with E-state index in [1.807, 2.05) is 12.1 Å².